The van der Waals surface area contributed by atoms with E-state index in [2.05, 4.69) is 9.71 Å². The van der Waals surface area contributed by atoms with Crippen LogP contribution in [0.25, 0.3) is 11.1 Å². The summed E-state index contributed by atoms with van der Waals surface area (Å²) >= 11 is 0. The standard InChI is InChI=1S/C16H18N2O4S/c1-16(2,3)18-23(21,22)12-6-4-5-11(9-12)13-7-8-17-10-14(13)15(19)20/h4-10,18H,1-3H3,(H,19,20). The first-order valence-corrected chi connectivity index (χ1v) is 8.40. The molecule has 0 unspecified atom stereocenters. The molecule has 0 saturated carbocycles. The van der Waals surface area contributed by atoms with Gasteiger partial charge in [0.1, 0.15) is 0 Å². The maximum absolute atomic E-state index is 12.4. The molecule has 0 bridgehead atoms. The number of aromatic nitrogens is 1. The first kappa shape index (κ1) is 17.1. The number of pyridine rings is 1. The summed E-state index contributed by atoms with van der Waals surface area (Å²) in [6.07, 6.45) is 2.71. The summed E-state index contributed by atoms with van der Waals surface area (Å²) in [5.41, 5.74) is 0.324. The van der Waals surface area contributed by atoms with E-state index in [0.29, 0.717) is 11.1 Å². The van der Waals surface area contributed by atoms with Crippen LogP contribution in [0.4, 0.5) is 0 Å². The van der Waals surface area contributed by atoms with Gasteiger partial charge in [0.25, 0.3) is 0 Å². The molecule has 0 amide bonds. The van der Waals surface area contributed by atoms with Gasteiger partial charge < -0.3 is 5.11 Å². The average Bonchev–Trinajstić information content (AvgIpc) is 2.45. The predicted octanol–water partition coefficient (Wildman–Crippen LogP) is 2.52. The molecule has 0 aliphatic carbocycles. The Hall–Kier alpha value is -2.25. The largest absolute Gasteiger partial charge is 0.478 e. The van der Waals surface area contributed by atoms with Crippen molar-refractivity contribution in [1.82, 2.24) is 9.71 Å². The maximum atomic E-state index is 12.4. The van der Waals surface area contributed by atoms with Crippen molar-refractivity contribution in [3.8, 4) is 11.1 Å². The van der Waals surface area contributed by atoms with Crippen LogP contribution in [0.5, 0.6) is 0 Å². The molecule has 0 spiro atoms. The third-order valence-electron chi connectivity index (χ3n) is 2.95. The SMILES string of the molecule is CC(C)(C)NS(=O)(=O)c1cccc(-c2ccncc2C(=O)O)c1. The van der Waals surface area contributed by atoms with Gasteiger partial charge >= 0.3 is 5.97 Å². The number of sulfonamides is 1. The Morgan fingerprint density at radius 2 is 1.91 bits per heavy atom. The molecule has 0 radical (unpaired) electrons. The van der Waals surface area contributed by atoms with E-state index in [1.807, 2.05) is 0 Å². The number of carbonyl (C=O) groups is 1. The summed E-state index contributed by atoms with van der Waals surface area (Å²) in [6.45, 7) is 5.25. The Bertz CT molecular complexity index is 839. The zero-order chi connectivity index (χ0) is 17.3. The van der Waals surface area contributed by atoms with Crippen molar-refractivity contribution in [2.45, 2.75) is 31.2 Å². The molecule has 7 heteroatoms. The minimum Gasteiger partial charge on any atom is -0.478 e. The molecule has 2 rings (SSSR count). The first-order valence-electron chi connectivity index (χ1n) is 6.92. The minimum absolute atomic E-state index is 0.0193. The van der Waals surface area contributed by atoms with Crippen LogP contribution in [-0.4, -0.2) is 30.0 Å². The number of nitrogens with one attached hydrogen (secondary N) is 1. The number of hydrogen-bond donors (Lipinski definition) is 2. The van der Waals surface area contributed by atoms with Gasteiger partial charge in [-0.15, -0.1) is 0 Å². The monoisotopic (exact) mass is 334 g/mol. The first-order chi connectivity index (χ1) is 10.6. The van der Waals surface area contributed by atoms with Crippen LogP contribution < -0.4 is 4.72 Å². The number of carboxylic acid groups (broad SMARTS) is 1. The normalized spacial score (nSPS) is 12.1. The molecule has 0 saturated heterocycles. The summed E-state index contributed by atoms with van der Waals surface area (Å²) in [5, 5.41) is 9.24. The second-order valence-corrected chi connectivity index (χ2v) is 7.79. The fraction of sp³-hybridized carbons (Fsp3) is 0.250. The second kappa shape index (κ2) is 6.10. The van der Waals surface area contributed by atoms with Crippen LogP contribution in [0.3, 0.4) is 0 Å². The summed E-state index contributed by atoms with van der Waals surface area (Å²) in [6, 6.07) is 7.72. The Labute approximate surface area is 135 Å². The Kier molecular flexibility index (Phi) is 4.53. The van der Waals surface area contributed by atoms with E-state index in [1.165, 1.54) is 24.5 Å². The van der Waals surface area contributed by atoms with Gasteiger partial charge in [-0.05, 0) is 50.1 Å². The van der Waals surface area contributed by atoms with Crippen LogP contribution in [0.15, 0.2) is 47.6 Å². The van der Waals surface area contributed by atoms with Gasteiger partial charge in [-0.25, -0.2) is 17.9 Å². The highest BCUT2D eigenvalue weighted by atomic mass is 32.2. The van der Waals surface area contributed by atoms with Crippen molar-refractivity contribution in [1.29, 1.82) is 0 Å². The van der Waals surface area contributed by atoms with Crippen molar-refractivity contribution in [3.63, 3.8) is 0 Å². The van der Waals surface area contributed by atoms with Gasteiger partial charge in [0.05, 0.1) is 10.5 Å². The van der Waals surface area contributed by atoms with Crippen molar-refractivity contribution in [2.24, 2.45) is 0 Å². The molecule has 6 nitrogen and oxygen atoms in total. The summed E-state index contributed by atoms with van der Waals surface area (Å²) < 4.78 is 27.4. The molecule has 1 heterocycles. The Morgan fingerprint density at radius 3 is 2.52 bits per heavy atom. The summed E-state index contributed by atoms with van der Waals surface area (Å²) in [5.74, 6) is -1.12. The number of hydrogen-bond acceptors (Lipinski definition) is 4. The highest BCUT2D eigenvalue weighted by Crippen LogP contribution is 2.26. The van der Waals surface area contributed by atoms with Gasteiger partial charge in [-0.2, -0.15) is 0 Å². The number of benzene rings is 1. The molecule has 1 aromatic heterocycles. The van der Waals surface area contributed by atoms with E-state index >= 15 is 0 Å². The molecule has 0 atom stereocenters. The molecular weight excluding hydrogens is 316 g/mol. The van der Waals surface area contributed by atoms with Gasteiger partial charge in [0.15, 0.2) is 0 Å². The number of carboxylic acids is 1. The van der Waals surface area contributed by atoms with Crippen molar-refractivity contribution in [3.05, 3.63) is 48.3 Å². The molecule has 1 aromatic carbocycles. The highest BCUT2D eigenvalue weighted by molar-refractivity contribution is 7.89. The molecule has 2 N–H and O–H groups in total. The van der Waals surface area contributed by atoms with Crippen LogP contribution in [-0.2, 0) is 10.0 Å². The third kappa shape index (κ3) is 4.14. The van der Waals surface area contributed by atoms with Crippen LogP contribution in [0.2, 0.25) is 0 Å². The molecule has 0 aliphatic rings. The molecule has 2 aromatic rings. The average molecular weight is 334 g/mol. The van der Waals surface area contributed by atoms with Crippen molar-refractivity contribution >= 4 is 16.0 Å². The zero-order valence-electron chi connectivity index (χ0n) is 13.1. The smallest absolute Gasteiger partial charge is 0.337 e. The maximum Gasteiger partial charge on any atom is 0.337 e. The van der Waals surface area contributed by atoms with Crippen molar-refractivity contribution in [2.75, 3.05) is 0 Å². The fourth-order valence-corrected chi connectivity index (χ4v) is 3.57. The topological polar surface area (TPSA) is 96.4 Å². The van der Waals surface area contributed by atoms with Gasteiger partial charge in [-0.1, -0.05) is 12.1 Å². The summed E-state index contributed by atoms with van der Waals surface area (Å²) in [4.78, 5) is 15.2. The molecular formula is C16H18N2O4S. The fourth-order valence-electron chi connectivity index (χ4n) is 2.11. The van der Waals surface area contributed by atoms with Crippen LogP contribution in [0.1, 0.15) is 31.1 Å². The van der Waals surface area contributed by atoms with Crippen LogP contribution in [0, 0.1) is 0 Å². The number of aromatic carboxylic acids is 1. The van der Waals surface area contributed by atoms with Crippen molar-refractivity contribution < 1.29 is 18.3 Å². The van der Waals surface area contributed by atoms with E-state index in [0.717, 1.165) is 0 Å². The van der Waals surface area contributed by atoms with E-state index < -0.39 is 21.5 Å². The molecule has 0 fully saturated rings. The quantitative estimate of drug-likeness (QED) is 0.895. The number of nitrogens with zero attached hydrogens (tertiary/aromatic N) is 1. The predicted molar refractivity (Wildman–Crippen MR) is 86.7 cm³/mol. The Morgan fingerprint density at radius 1 is 1.22 bits per heavy atom. The van der Waals surface area contributed by atoms with Crippen LogP contribution >= 0.6 is 0 Å². The highest BCUT2D eigenvalue weighted by Gasteiger charge is 2.22. The molecule has 23 heavy (non-hydrogen) atoms. The van der Waals surface area contributed by atoms with Gasteiger partial charge in [0, 0.05) is 17.9 Å². The third-order valence-corrected chi connectivity index (χ3v) is 4.70. The lowest BCUT2D eigenvalue weighted by atomic mass is 10.0. The molecule has 122 valence electrons. The molecule has 0 aliphatic heterocycles. The lowest BCUT2D eigenvalue weighted by Crippen LogP contribution is -2.40. The summed E-state index contributed by atoms with van der Waals surface area (Å²) in [7, 11) is -3.69. The van der Waals surface area contributed by atoms with E-state index in [-0.39, 0.29) is 10.5 Å². The lowest BCUT2D eigenvalue weighted by Gasteiger charge is -2.20. The van der Waals surface area contributed by atoms with Gasteiger partial charge in [-0.3, -0.25) is 4.98 Å². The number of rotatable bonds is 4. The Balaban J connectivity index is 2.52. The van der Waals surface area contributed by atoms with E-state index in [9.17, 15) is 18.3 Å². The zero-order valence-corrected chi connectivity index (χ0v) is 13.9. The van der Waals surface area contributed by atoms with E-state index in [4.69, 9.17) is 0 Å². The van der Waals surface area contributed by atoms with Gasteiger partial charge in [0.2, 0.25) is 10.0 Å². The second-order valence-electron chi connectivity index (χ2n) is 6.11. The lowest BCUT2D eigenvalue weighted by molar-refractivity contribution is 0.0697. The van der Waals surface area contributed by atoms with E-state index in [1.54, 1.807) is 39.0 Å². The minimum atomic E-state index is -3.69.